The molecule has 15 heavy (non-hydrogen) atoms. The Bertz CT molecular complexity index is 323. The number of para-hydroxylation sites is 1. The summed E-state index contributed by atoms with van der Waals surface area (Å²) in [6, 6.07) is 5.85. The van der Waals surface area contributed by atoms with E-state index < -0.39 is 0 Å². The fraction of sp³-hybridized carbons (Fsp3) is 0.333. The van der Waals surface area contributed by atoms with Crippen LogP contribution in [0.2, 0.25) is 0 Å². The first kappa shape index (κ1) is 11.6. The average Bonchev–Trinajstić information content (AvgIpc) is 2.29. The van der Waals surface area contributed by atoms with Crippen LogP contribution in [0.5, 0.6) is 11.5 Å². The second kappa shape index (κ2) is 6.09. The summed E-state index contributed by atoms with van der Waals surface area (Å²) in [5.41, 5.74) is 1.08. The van der Waals surface area contributed by atoms with Crippen molar-refractivity contribution in [3.63, 3.8) is 0 Å². The quantitative estimate of drug-likeness (QED) is 0.571. The summed E-state index contributed by atoms with van der Waals surface area (Å²) in [5, 5.41) is 3.22. The van der Waals surface area contributed by atoms with Gasteiger partial charge in [0.25, 0.3) is 0 Å². The molecule has 0 bridgehead atoms. The molecular weight excluding hydrogens is 190 g/mol. The highest BCUT2D eigenvalue weighted by Crippen LogP contribution is 2.30. The molecule has 0 unspecified atom stereocenters. The largest absolute Gasteiger partial charge is 0.493 e. The summed E-state index contributed by atoms with van der Waals surface area (Å²) in [6.45, 7) is 5.17. The van der Waals surface area contributed by atoms with Gasteiger partial charge in [0.15, 0.2) is 11.5 Å². The van der Waals surface area contributed by atoms with Crippen LogP contribution in [0.1, 0.15) is 5.56 Å². The van der Waals surface area contributed by atoms with Crippen LogP contribution in [-0.4, -0.2) is 20.8 Å². The Balaban J connectivity index is 2.81. The van der Waals surface area contributed by atoms with Gasteiger partial charge in [-0.2, -0.15) is 0 Å². The van der Waals surface area contributed by atoms with Gasteiger partial charge in [-0.15, -0.1) is 6.58 Å². The first-order valence-electron chi connectivity index (χ1n) is 4.85. The zero-order valence-electron chi connectivity index (χ0n) is 9.25. The van der Waals surface area contributed by atoms with E-state index in [2.05, 4.69) is 11.9 Å². The normalized spacial score (nSPS) is 9.73. The number of rotatable bonds is 6. The van der Waals surface area contributed by atoms with E-state index in [1.54, 1.807) is 14.2 Å². The molecule has 0 radical (unpaired) electrons. The highest BCUT2D eigenvalue weighted by Gasteiger charge is 2.07. The smallest absolute Gasteiger partial charge is 0.165 e. The lowest BCUT2D eigenvalue weighted by Gasteiger charge is -2.12. The maximum atomic E-state index is 5.31. The second-order valence-electron chi connectivity index (χ2n) is 3.07. The van der Waals surface area contributed by atoms with Crippen LogP contribution in [0.25, 0.3) is 0 Å². The van der Waals surface area contributed by atoms with Crippen molar-refractivity contribution in [3.05, 3.63) is 36.4 Å². The fourth-order valence-corrected chi connectivity index (χ4v) is 1.40. The van der Waals surface area contributed by atoms with Gasteiger partial charge in [-0.1, -0.05) is 18.2 Å². The Morgan fingerprint density at radius 3 is 2.73 bits per heavy atom. The molecule has 1 aromatic rings. The van der Waals surface area contributed by atoms with Crippen LogP contribution in [0.3, 0.4) is 0 Å². The van der Waals surface area contributed by atoms with E-state index in [1.807, 2.05) is 24.3 Å². The van der Waals surface area contributed by atoms with Crippen molar-refractivity contribution in [2.45, 2.75) is 6.54 Å². The minimum absolute atomic E-state index is 0.742. The van der Waals surface area contributed by atoms with Crippen molar-refractivity contribution in [1.82, 2.24) is 5.32 Å². The van der Waals surface area contributed by atoms with Gasteiger partial charge in [-0.25, -0.2) is 0 Å². The molecule has 0 aromatic heterocycles. The van der Waals surface area contributed by atoms with Crippen molar-refractivity contribution in [2.24, 2.45) is 0 Å². The number of nitrogens with one attached hydrogen (secondary N) is 1. The van der Waals surface area contributed by atoms with Gasteiger partial charge < -0.3 is 14.8 Å². The Morgan fingerprint density at radius 2 is 2.13 bits per heavy atom. The van der Waals surface area contributed by atoms with E-state index >= 15 is 0 Å². The zero-order valence-corrected chi connectivity index (χ0v) is 9.25. The van der Waals surface area contributed by atoms with Gasteiger partial charge in [0, 0.05) is 18.7 Å². The standard InChI is InChI=1S/C12H17NO2/c1-4-8-13-9-10-6-5-7-11(14-2)12(10)15-3/h4-7,13H,1,8-9H2,2-3H3. The molecule has 1 N–H and O–H groups in total. The van der Waals surface area contributed by atoms with Gasteiger partial charge >= 0.3 is 0 Å². The first-order chi connectivity index (χ1) is 7.33. The van der Waals surface area contributed by atoms with E-state index in [4.69, 9.17) is 9.47 Å². The van der Waals surface area contributed by atoms with Crippen LogP contribution in [-0.2, 0) is 6.54 Å². The van der Waals surface area contributed by atoms with Gasteiger partial charge in [-0.05, 0) is 6.07 Å². The Labute approximate surface area is 90.7 Å². The number of methoxy groups -OCH3 is 2. The average molecular weight is 207 g/mol. The highest BCUT2D eigenvalue weighted by atomic mass is 16.5. The lowest BCUT2D eigenvalue weighted by atomic mass is 10.2. The maximum absolute atomic E-state index is 5.31. The van der Waals surface area contributed by atoms with Gasteiger partial charge in [0.1, 0.15) is 0 Å². The molecule has 0 atom stereocenters. The van der Waals surface area contributed by atoms with Crippen molar-refractivity contribution in [1.29, 1.82) is 0 Å². The minimum atomic E-state index is 0.742. The summed E-state index contributed by atoms with van der Waals surface area (Å²) >= 11 is 0. The molecule has 1 rings (SSSR count). The molecule has 0 saturated carbocycles. The first-order valence-corrected chi connectivity index (χ1v) is 4.85. The number of hydrogen-bond acceptors (Lipinski definition) is 3. The molecule has 0 aliphatic rings. The van der Waals surface area contributed by atoms with E-state index in [0.29, 0.717) is 0 Å². The number of benzene rings is 1. The monoisotopic (exact) mass is 207 g/mol. The molecule has 0 saturated heterocycles. The molecular formula is C12H17NO2. The molecule has 0 heterocycles. The van der Waals surface area contributed by atoms with Crippen molar-refractivity contribution < 1.29 is 9.47 Å². The predicted molar refractivity (Wildman–Crippen MR) is 61.4 cm³/mol. The highest BCUT2D eigenvalue weighted by molar-refractivity contribution is 5.46. The van der Waals surface area contributed by atoms with Crippen molar-refractivity contribution >= 4 is 0 Å². The molecule has 1 aromatic carbocycles. The summed E-state index contributed by atoms with van der Waals surface area (Å²) < 4.78 is 10.5. The van der Waals surface area contributed by atoms with Crippen LogP contribution in [0.15, 0.2) is 30.9 Å². The molecule has 0 aliphatic carbocycles. The lowest BCUT2D eigenvalue weighted by molar-refractivity contribution is 0.351. The molecule has 0 aliphatic heterocycles. The Kier molecular flexibility index (Phi) is 4.71. The summed E-state index contributed by atoms with van der Waals surface area (Å²) in [7, 11) is 3.29. The summed E-state index contributed by atoms with van der Waals surface area (Å²) in [4.78, 5) is 0. The molecule has 0 fully saturated rings. The van der Waals surface area contributed by atoms with Gasteiger partial charge in [-0.3, -0.25) is 0 Å². The third kappa shape index (κ3) is 2.99. The molecule has 3 nitrogen and oxygen atoms in total. The third-order valence-electron chi connectivity index (χ3n) is 2.09. The Hall–Kier alpha value is -1.48. The van der Waals surface area contributed by atoms with Gasteiger partial charge in [0.2, 0.25) is 0 Å². The molecule has 82 valence electrons. The van der Waals surface area contributed by atoms with E-state index in [-0.39, 0.29) is 0 Å². The van der Waals surface area contributed by atoms with E-state index in [9.17, 15) is 0 Å². The van der Waals surface area contributed by atoms with Crippen molar-refractivity contribution in [3.8, 4) is 11.5 Å². The maximum Gasteiger partial charge on any atom is 0.165 e. The van der Waals surface area contributed by atoms with Crippen LogP contribution < -0.4 is 14.8 Å². The van der Waals surface area contributed by atoms with E-state index in [0.717, 1.165) is 30.2 Å². The zero-order chi connectivity index (χ0) is 11.1. The molecule has 0 amide bonds. The molecule has 0 spiro atoms. The Morgan fingerprint density at radius 1 is 1.33 bits per heavy atom. The number of ether oxygens (including phenoxy) is 2. The van der Waals surface area contributed by atoms with Crippen LogP contribution in [0, 0.1) is 0 Å². The predicted octanol–water partition coefficient (Wildman–Crippen LogP) is 1.98. The second-order valence-corrected chi connectivity index (χ2v) is 3.07. The van der Waals surface area contributed by atoms with E-state index in [1.165, 1.54) is 0 Å². The SMILES string of the molecule is C=CCNCc1cccc(OC)c1OC. The summed E-state index contributed by atoms with van der Waals surface area (Å²) in [6.07, 6.45) is 1.83. The lowest BCUT2D eigenvalue weighted by Crippen LogP contribution is -2.13. The van der Waals surface area contributed by atoms with Crippen molar-refractivity contribution in [2.75, 3.05) is 20.8 Å². The van der Waals surface area contributed by atoms with Crippen LogP contribution >= 0.6 is 0 Å². The topological polar surface area (TPSA) is 30.5 Å². The summed E-state index contributed by atoms with van der Waals surface area (Å²) in [5.74, 6) is 1.55. The van der Waals surface area contributed by atoms with Crippen LogP contribution in [0.4, 0.5) is 0 Å². The molecule has 3 heteroatoms. The fourth-order valence-electron chi connectivity index (χ4n) is 1.40. The number of hydrogen-bond donors (Lipinski definition) is 1. The van der Waals surface area contributed by atoms with Gasteiger partial charge in [0.05, 0.1) is 14.2 Å². The third-order valence-corrected chi connectivity index (χ3v) is 2.09. The minimum Gasteiger partial charge on any atom is -0.493 e.